The van der Waals surface area contributed by atoms with Gasteiger partial charge in [-0.05, 0) is 19.3 Å². The van der Waals surface area contributed by atoms with Gasteiger partial charge in [0.25, 0.3) is 0 Å². The molecule has 3 nitrogen and oxygen atoms in total. The second-order valence-corrected chi connectivity index (χ2v) is 5.66. The zero-order chi connectivity index (χ0) is 10.4. The van der Waals surface area contributed by atoms with Crippen molar-refractivity contribution in [2.75, 3.05) is 31.3 Å². The molecular formula is C10H21NO2S. The molecular weight excluding hydrogens is 198 g/mol. The third kappa shape index (κ3) is 4.07. The first kappa shape index (κ1) is 12.1. The van der Waals surface area contributed by atoms with Gasteiger partial charge in [0.05, 0.1) is 6.61 Å². The molecule has 0 aliphatic carbocycles. The molecule has 14 heavy (non-hydrogen) atoms. The summed E-state index contributed by atoms with van der Waals surface area (Å²) in [5.41, 5.74) is 0. The minimum atomic E-state index is -0.639. The Labute approximate surface area is 89.1 Å². The van der Waals surface area contributed by atoms with Crippen LogP contribution in [0.2, 0.25) is 0 Å². The van der Waals surface area contributed by atoms with E-state index in [4.69, 9.17) is 4.74 Å². The quantitative estimate of drug-likeness (QED) is 0.717. The molecule has 0 bridgehead atoms. The molecule has 1 heterocycles. The van der Waals surface area contributed by atoms with Crippen molar-refractivity contribution in [1.82, 2.24) is 5.32 Å². The van der Waals surface area contributed by atoms with Gasteiger partial charge in [-0.25, -0.2) is 0 Å². The van der Waals surface area contributed by atoms with Gasteiger partial charge in [-0.15, -0.1) is 0 Å². The molecule has 1 rings (SSSR count). The fraction of sp³-hybridized carbons (Fsp3) is 1.00. The zero-order valence-corrected chi connectivity index (χ0v) is 9.94. The Bertz CT molecular complexity index is 181. The molecule has 4 heteroatoms. The fourth-order valence-corrected chi connectivity index (χ4v) is 2.29. The maximum Gasteiger partial charge on any atom is 0.0509 e. The maximum atomic E-state index is 11.2. The van der Waals surface area contributed by atoms with Crippen LogP contribution in [0.4, 0.5) is 0 Å². The second kappa shape index (κ2) is 6.53. The van der Waals surface area contributed by atoms with Gasteiger partial charge in [-0.3, -0.25) is 4.21 Å². The highest BCUT2D eigenvalue weighted by Gasteiger charge is 2.21. The number of nitrogens with one attached hydrogen (secondary N) is 1. The number of hydrogen-bond donors (Lipinski definition) is 1. The molecule has 1 saturated heterocycles. The molecule has 0 aromatic carbocycles. The van der Waals surface area contributed by atoms with E-state index in [1.807, 2.05) is 6.92 Å². The molecule has 0 aromatic rings. The Morgan fingerprint density at radius 2 is 2.43 bits per heavy atom. The van der Waals surface area contributed by atoms with E-state index >= 15 is 0 Å². The first-order chi connectivity index (χ1) is 6.74. The predicted molar refractivity (Wildman–Crippen MR) is 59.9 cm³/mol. The van der Waals surface area contributed by atoms with Crippen LogP contribution in [0.15, 0.2) is 0 Å². The SMILES string of the molecule is CCS(=O)CCNC(C)C1CCOC1. The summed E-state index contributed by atoms with van der Waals surface area (Å²) in [5, 5.41) is 3.42. The minimum Gasteiger partial charge on any atom is -0.381 e. The molecule has 0 aromatic heterocycles. The van der Waals surface area contributed by atoms with E-state index < -0.39 is 10.8 Å². The Hall–Kier alpha value is 0.0700. The van der Waals surface area contributed by atoms with Gasteiger partial charge in [0.2, 0.25) is 0 Å². The number of ether oxygens (including phenoxy) is 1. The molecule has 0 radical (unpaired) electrons. The predicted octanol–water partition coefficient (Wildman–Crippen LogP) is 0.770. The molecule has 3 unspecified atom stereocenters. The monoisotopic (exact) mass is 219 g/mol. The Kier molecular flexibility index (Phi) is 5.67. The van der Waals surface area contributed by atoms with Gasteiger partial charge in [0, 0.05) is 41.5 Å². The van der Waals surface area contributed by atoms with Gasteiger partial charge in [-0.2, -0.15) is 0 Å². The van der Waals surface area contributed by atoms with Crippen LogP contribution in [0.5, 0.6) is 0 Å². The molecule has 0 spiro atoms. The molecule has 84 valence electrons. The lowest BCUT2D eigenvalue weighted by atomic mass is 10.0. The summed E-state index contributed by atoms with van der Waals surface area (Å²) in [4.78, 5) is 0. The summed E-state index contributed by atoms with van der Waals surface area (Å²) < 4.78 is 16.5. The maximum absolute atomic E-state index is 11.2. The number of rotatable bonds is 6. The second-order valence-electron chi connectivity index (χ2n) is 3.80. The molecule has 3 atom stereocenters. The van der Waals surface area contributed by atoms with Gasteiger partial charge >= 0.3 is 0 Å². The lowest BCUT2D eigenvalue weighted by Gasteiger charge is -2.18. The lowest BCUT2D eigenvalue weighted by Crippen LogP contribution is -2.36. The molecule has 1 N–H and O–H groups in total. The van der Waals surface area contributed by atoms with E-state index in [9.17, 15) is 4.21 Å². The molecule has 1 aliphatic heterocycles. The topological polar surface area (TPSA) is 38.3 Å². The molecule has 1 fully saturated rings. The average molecular weight is 219 g/mol. The fourth-order valence-electron chi connectivity index (χ4n) is 1.66. The van der Waals surface area contributed by atoms with E-state index in [1.54, 1.807) is 0 Å². The highest BCUT2D eigenvalue weighted by Crippen LogP contribution is 2.15. The summed E-state index contributed by atoms with van der Waals surface area (Å²) in [7, 11) is -0.639. The zero-order valence-electron chi connectivity index (χ0n) is 9.12. The Balaban J connectivity index is 2.08. The minimum absolute atomic E-state index is 0.492. The normalized spacial score (nSPS) is 26.3. The van der Waals surface area contributed by atoms with E-state index in [0.29, 0.717) is 12.0 Å². The van der Waals surface area contributed by atoms with Crippen LogP contribution < -0.4 is 5.32 Å². The summed E-state index contributed by atoms with van der Waals surface area (Å²) in [6, 6.07) is 0.492. The van der Waals surface area contributed by atoms with E-state index in [1.165, 1.54) is 0 Å². The standard InChI is InChI=1S/C10H21NO2S/c1-3-14(12)7-5-11-9(2)10-4-6-13-8-10/h9-11H,3-8H2,1-2H3. The van der Waals surface area contributed by atoms with Crippen molar-refractivity contribution in [2.45, 2.75) is 26.3 Å². The van der Waals surface area contributed by atoms with Crippen LogP contribution in [0.25, 0.3) is 0 Å². The highest BCUT2D eigenvalue weighted by atomic mass is 32.2. The van der Waals surface area contributed by atoms with E-state index in [2.05, 4.69) is 12.2 Å². The Morgan fingerprint density at radius 1 is 1.64 bits per heavy atom. The largest absolute Gasteiger partial charge is 0.381 e. The first-order valence-electron chi connectivity index (χ1n) is 5.40. The van der Waals surface area contributed by atoms with E-state index in [0.717, 1.165) is 37.7 Å². The van der Waals surface area contributed by atoms with Crippen LogP contribution in [-0.4, -0.2) is 41.5 Å². The summed E-state index contributed by atoms with van der Waals surface area (Å²) >= 11 is 0. The van der Waals surface area contributed by atoms with E-state index in [-0.39, 0.29) is 0 Å². The van der Waals surface area contributed by atoms with Gasteiger partial charge in [0.15, 0.2) is 0 Å². The third-order valence-electron chi connectivity index (χ3n) is 2.79. The Morgan fingerprint density at radius 3 is 3.00 bits per heavy atom. The lowest BCUT2D eigenvalue weighted by molar-refractivity contribution is 0.178. The average Bonchev–Trinajstić information content (AvgIpc) is 2.70. The summed E-state index contributed by atoms with van der Waals surface area (Å²) in [6.45, 7) is 6.79. The summed E-state index contributed by atoms with van der Waals surface area (Å²) in [5.74, 6) is 2.18. The third-order valence-corrected chi connectivity index (χ3v) is 4.09. The van der Waals surface area contributed by atoms with Crippen molar-refractivity contribution in [3.63, 3.8) is 0 Å². The van der Waals surface area contributed by atoms with Crippen molar-refractivity contribution in [3.8, 4) is 0 Å². The van der Waals surface area contributed by atoms with Crippen molar-refractivity contribution < 1.29 is 8.95 Å². The molecule has 0 saturated carbocycles. The first-order valence-corrected chi connectivity index (χ1v) is 6.89. The van der Waals surface area contributed by atoms with Crippen LogP contribution in [0.1, 0.15) is 20.3 Å². The molecule has 0 amide bonds. The number of hydrogen-bond acceptors (Lipinski definition) is 3. The van der Waals surface area contributed by atoms with Crippen molar-refractivity contribution >= 4 is 10.8 Å². The van der Waals surface area contributed by atoms with Gasteiger partial charge < -0.3 is 10.1 Å². The van der Waals surface area contributed by atoms with Crippen molar-refractivity contribution in [2.24, 2.45) is 5.92 Å². The van der Waals surface area contributed by atoms with Gasteiger partial charge in [-0.1, -0.05) is 6.92 Å². The molecule has 1 aliphatic rings. The van der Waals surface area contributed by atoms with Crippen molar-refractivity contribution in [3.05, 3.63) is 0 Å². The van der Waals surface area contributed by atoms with Crippen LogP contribution >= 0.6 is 0 Å². The summed E-state index contributed by atoms with van der Waals surface area (Å²) in [6.07, 6.45) is 1.16. The van der Waals surface area contributed by atoms with Crippen LogP contribution in [0, 0.1) is 5.92 Å². The van der Waals surface area contributed by atoms with Crippen molar-refractivity contribution in [1.29, 1.82) is 0 Å². The smallest absolute Gasteiger partial charge is 0.0509 e. The van der Waals surface area contributed by atoms with Crippen LogP contribution in [0.3, 0.4) is 0 Å². The van der Waals surface area contributed by atoms with Crippen LogP contribution in [-0.2, 0) is 15.5 Å². The van der Waals surface area contributed by atoms with Gasteiger partial charge in [0.1, 0.15) is 0 Å². The highest BCUT2D eigenvalue weighted by molar-refractivity contribution is 7.84.